The Morgan fingerprint density at radius 1 is 0.968 bits per heavy atom. The smallest absolute Gasteiger partial charge is 0.257 e. The molecule has 2 aromatic heterocycles. The van der Waals surface area contributed by atoms with Crippen molar-refractivity contribution in [2.45, 2.75) is 13.3 Å². The number of nitrogens with zero attached hydrogens (tertiary/aromatic N) is 4. The molecule has 31 heavy (non-hydrogen) atoms. The lowest BCUT2D eigenvalue weighted by atomic mass is 9.99. The van der Waals surface area contributed by atoms with Crippen LogP contribution in [-0.4, -0.2) is 52.4 Å². The number of H-pyrrole nitrogens is 1. The van der Waals surface area contributed by atoms with E-state index < -0.39 is 0 Å². The molecule has 3 heterocycles. The first-order valence-electron chi connectivity index (χ1n) is 10.6. The number of rotatable bonds is 4. The molecule has 1 N–H and O–H groups in total. The van der Waals surface area contributed by atoms with E-state index in [1.165, 1.54) is 11.3 Å². The summed E-state index contributed by atoms with van der Waals surface area (Å²) in [5, 5.41) is 7.42. The molecule has 1 aliphatic rings. The summed E-state index contributed by atoms with van der Waals surface area (Å²) in [6.07, 6.45) is 0.926. The number of hydrogen-bond acceptors (Lipinski definition) is 4. The monoisotopic (exact) mass is 437 g/mol. The van der Waals surface area contributed by atoms with E-state index in [1.807, 2.05) is 26.1 Å². The summed E-state index contributed by atoms with van der Waals surface area (Å²) in [5.74, 6) is 0. The Morgan fingerprint density at radius 2 is 1.71 bits per heavy atom. The second-order valence-electron chi connectivity index (χ2n) is 8.14. The Morgan fingerprint density at radius 3 is 2.45 bits per heavy atom. The number of anilines is 1. The zero-order valence-corrected chi connectivity index (χ0v) is 18.8. The third-order valence-corrected chi connectivity index (χ3v) is 6.29. The van der Waals surface area contributed by atoms with Crippen molar-refractivity contribution < 1.29 is 0 Å². The number of piperazine rings is 1. The van der Waals surface area contributed by atoms with Crippen molar-refractivity contribution in [3.63, 3.8) is 0 Å². The van der Waals surface area contributed by atoms with Crippen molar-refractivity contribution in [2.24, 2.45) is 7.05 Å². The number of aromatic nitrogens is 3. The highest BCUT2D eigenvalue weighted by atomic mass is 35.5. The van der Waals surface area contributed by atoms with Gasteiger partial charge in [0.25, 0.3) is 5.56 Å². The minimum atomic E-state index is -0.0428. The minimum Gasteiger partial charge on any atom is -0.369 e. The first-order chi connectivity index (χ1) is 14.6. The van der Waals surface area contributed by atoms with E-state index in [1.54, 1.807) is 4.68 Å². The highest BCUT2D eigenvalue weighted by molar-refractivity contribution is 6.07. The second-order valence-corrected chi connectivity index (χ2v) is 8.14. The molecule has 1 fully saturated rings. The standard InChI is InChI=1S/C24H27N5O.ClH/c1-17-21-22-18(7-6-10-20(22)24(30)25-23(21)27(2)26-17)11-12-28-13-15-29(16-14-28)19-8-4-3-5-9-19;/h3-10H,11-16H2,1-2H3,(H,25,30);1H. The first kappa shape index (κ1) is 21.4. The van der Waals surface area contributed by atoms with Gasteiger partial charge in [-0.25, -0.2) is 0 Å². The van der Waals surface area contributed by atoms with E-state index in [-0.39, 0.29) is 18.0 Å². The fourth-order valence-electron chi connectivity index (χ4n) is 4.72. The molecule has 0 bridgehead atoms. The molecule has 4 aromatic rings. The van der Waals surface area contributed by atoms with Crippen LogP contribution in [0.4, 0.5) is 5.69 Å². The van der Waals surface area contributed by atoms with Crippen LogP contribution in [-0.2, 0) is 13.5 Å². The van der Waals surface area contributed by atoms with Crippen LogP contribution in [0.3, 0.4) is 0 Å². The van der Waals surface area contributed by atoms with Crippen molar-refractivity contribution in [3.05, 3.63) is 70.1 Å². The van der Waals surface area contributed by atoms with Crippen LogP contribution in [0.1, 0.15) is 11.3 Å². The zero-order valence-electron chi connectivity index (χ0n) is 18.0. The first-order valence-corrected chi connectivity index (χ1v) is 10.6. The largest absolute Gasteiger partial charge is 0.369 e. The molecular formula is C24H28ClN5O. The molecule has 0 saturated carbocycles. The predicted octanol–water partition coefficient (Wildman–Crippen LogP) is 3.51. The number of para-hydroxylation sites is 1. The van der Waals surface area contributed by atoms with E-state index in [2.05, 4.69) is 56.3 Å². The molecule has 162 valence electrons. The Balaban J connectivity index is 0.00000231. The van der Waals surface area contributed by atoms with Crippen LogP contribution in [0.2, 0.25) is 0 Å². The normalized spacial score (nSPS) is 14.8. The van der Waals surface area contributed by atoms with E-state index in [0.717, 1.165) is 66.6 Å². The van der Waals surface area contributed by atoms with E-state index in [0.29, 0.717) is 0 Å². The van der Waals surface area contributed by atoms with Crippen LogP contribution in [0, 0.1) is 6.92 Å². The average molecular weight is 438 g/mol. The zero-order chi connectivity index (χ0) is 20.7. The van der Waals surface area contributed by atoms with Crippen LogP contribution in [0.5, 0.6) is 0 Å². The number of halogens is 1. The molecule has 0 amide bonds. The van der Waals surface area contributed by atoms with Gasteiger partial charge in [0.15, 0.2) is 0 Å². The Labute approximate surface area is 187 Å². The van der Waals surface area contributed by atoms with Gasteiger partial charge in [-0.05, 0) is 37.1 Å². The highest BCUT2D eigenvalue weighted by Gasteiger charge is 2.19. The number of fused-ring (bicyclic) bond motifs is 3. The summed E-state index contributed by atoms with van der Waals surface area (Å²) in [4.78, 5) is 20.7. The van der Waals surface area contributed by atoms with Crippen molar-refractivity contribution in [1.29, 1.82) is 0 Å². The Bertz CT molecular complexity index is 1260. The summed E-state index contributed by atoms with van der Waals surface area (Å²) < 4.78 is 1.77. The molecule has 2 aromatic carbocycles. The van der Waals surface area contributed by atoms with Gasteiger partial charge in [-0.15, -0.1) is 12.4 Å². The van der Waals surface area contributed by atoms with Crippen molar-refractivity contribution in [2.75, 3.05) is 37.6 Å². The van der Waals surface area contributed by atoms with Gasteiger partial charge < -0.3 is 9.88 Å². The Hall–Kier alpha value is -2.83. The van der Waals surface area contributed by atoms with Gasteiger partial charge in [0.1, 0.15) is 5.65 Å². The van der Waals surface area contributed by atoms with Gasteiger partial charge in [-0.3, -0.25) is 14.4 Å². The molecular weight excluding hydrogens is 410 g/mol. The number of aromatic amines is 1. The average Bonchev–Trinajstić information content (AvgIpc) is 3.06. The van der Waals surface area contributed by atoms with E-state index in [9.17, 15) is 4.79 Å². The van der Waals surface area contributed by atoms with Gasteiger partial charge >= 0.3 is 0 Å². The Kier molecular flexibility index (Phi) is 6.03. The van der Waals surface area contributed by atoms with Gasteiger partial charge in [-0.1, -0.05) is 30.3 Å². The molecule has 7 heteroatoms. The molecule has 0 radical (unpaired) electrons. The molecule has 0 atom stereocenters. The fourth-order valence-corrected chi connectivity index (χ4v) is 4.72. The third-order valence-electron chi connectivity index (χ3n) is 6.29. The van der Waals surface area contributed by atoms with E-state index >= 15 is 0 Å². The summed E-state index contributed by atoms with van der Waals surface area (Å²) in [6, 6.07) is 16.7. The van der Waals surface area contributed by atoms with Crippen molar-refractivity contribution in [3.8, 4) is 0 Å². The van der Waals surface area contributed by atoms with Gasteiger partial charge in [0.2, 0.25) is 0 Å². The molecule has 1 saturated heterocycles. The van der Waals surface area contributed by atoms with Gasteiger partial charge in [0.05, 0.1) is 5.69 Å². The number of aryl methyl sites for hydroxylation is 2. The lowest BCUT2D eigenvalue weighted by Gasteiger charge is -2.36. The maximum atomic E-state index is 12.7. The fraction of sp³-hybridized carbons (Fsp3) is 0.333. The maximum absolute atomic E-state index is 12.7. The topological polar surface area (TPSA) is 57.2 Å². The molecule has 6 nitrogen and oxygen atoms in total. The van der Waals surface area contributed by atoms with Gasteiger partial charge in [0, 0.05) is 61.6 Å². The lowest BCUT2D eigenvalue weighted by molar-refractivity contribution is 0.261. The van der Waals surface area contributed by atoms with Crippen LogP contribution in [0.25, 0.3) is 21.8 Å². The quantitative estimate of drug-likeness (QED) is 0.530. The predicted molar refractivity (Wildman–Crippen MR) is 130 cm³/mol. The minimum absolute atomic E-state index is 0. The number of pyridine rings is 1. The molecule has 0 aliphatic carbocycles. The number of benzene rings is 2. The van der Waals surface area contributed by atoms with Crippen molar-refractivity contribution >= 4 is 39.9 Å². The number of nitrogens with one attached hydrogen (secondary N) is 1. The summed E-state index contributed by atoms with van der Waals surface area (Å²) in [6.45, 7) is 7.22. The molecule has 1 aliphatic heterocycles. The molecule has 0 unspecified atom stereocenters. The number of hydrogen-bond donors (Lipinski definition) is 1. The van der Waals surface area contributed by atoms with Crippen LogP contribution < -0.4 is 10.5 Å². The van der Waals surface area contributed by atoms with Crippen LogP contribution in [0.15, 0.2) is 53.3 Å². The molecule has 0 spiro atoms. The van der Waals surface area contributed by atoms with Gasteiger partial charge in [-0.2, -0.15) is 5.10 Å². The highest BCUT2D eigenvalue weighted by Crippen LogP contribution is 2.27. The van der Waals surface area contributed by atoms with Crippen LogP contribution >= 0.6 is 12.4 Å². The van der Waals surface area contributed by atoms with Crippen molar-refractivity contribution in [1.82, 2.24) is 19.7 Å². The summed E-state index contributed by atoms with van der Waals surface area (Å²) >= 11 is 0. The SMILES string of the molecule is Cc1nn(C)c2[nH]c(=O)c3cccc(CCN4CCN(c5ccccc5)CC4)c3c12.Cl. The summed E-state index contributed by atoms with van der Waals surface area (Å²) in [7, 11) is 1.88. The maximum Gasteiger partial charge on any atom is 0.257 e. The molecule has 5 rings (SSSR count). The lowest BCUT2D eigenvalue weighted by Crippen LogP contribution is -2.47. The van der Waals surface area contributed by atoms with E-state index in [4.69, 9.17) is 0 Å². The second kappa shape index (κ2) is 8.73. The third kappa shape index (κ3) is 3.93. The summed E-state index contributed by atoms with van der Waals surface area (Å²) in [5.41, 5.74) is 4.25.